The fourth-order valence-corrected chi connectivity index (χ4v) is 2.76. The third-order valence-electron chi connectivity index (χ3n) is 3.89. The number of rotatable bonds is 6. The maximum atomic E-state index is 12.7. The van der Waals surface area contributed by atoms with Crippen molar-refractivity contribution in [2.24, 2.45) is 0 Å². The Labute approximate surface area is 155 Å². The van der Waals surface area contributed by atoms with Gasteiger partial charge in [0.05, 0.1) is 12.2 Å². The van der Waals surface area contributed by atoms with Crippen LogP contribution in [-0.2, 0) is 19.1 Å². The van der Waals surface area contributed by atoms with Crippen LogP contribution in [0.15, 0.2) is 24.3 Å². The Balaban J connectivity index is 2.25. The van der Waals surface area contributed by atoms with E-state index < -0.39 is 23.6 Å². The minimum atomic E-state index is -0.915. The highest BCUT2D eigenvalue weighted by Gasteiger charge is 2.31. The second kappa shape index (κ2) is 9.14. The van der Waals surface area contributed by atoms with E-state index in [4.69, 9.17) is 14.3 Å². The molecule has 0 radical (unpaired) electrons. The zero-order valence-corrected chi connectivity index (χ0v) is 16.1. The first-order valence-corrected chi connectivity index (χ1v) is 9.22. The predicted molar refractivity (Wildman–Crippen MR) is 97.5 cm³/mol. The fraction of sp³-hybridized carbons (Fsp3) is 0.600. The number of ether oxygens (including phenoxy) is 2. The lowest BCUT2D eigenvalue weighted by Gasteiger charge is -2.31. The van der Waals surface area contributed by atoms with Crippen molar-refractivity contribution >= 4 is 11.9 Å². The summed E-state index contributed by atoms with van der Waals surface area (Å²) in [7, 11) is 0. The molecule has 0 spiro atoms. The highest BCUT2D eigenvalue weighted by Crippen LogP contribution is 2.26. The average Bonchev–Trinajstić information content (AvgIpc) is 2.59. The van der Waals surface area contributed by atoms with E-state index in [9.17, 15) is 9.59 Å². The lowest BCUT2D eigenvalue weighted by molar-refractivity contribution is -0.226. The molecule has 144 valence electrons. The second-order valence-corrected chi connectivity index (χ2v) is 7.35. The van der Waals surface area contributed by atoms with E-state index in [1.165, 1.54) is 0 Å². The van der Waals surface area contributed by atoms with Gasteiger partial charge in [-0.05, 0) is 58.2 Å². The van der Waals surface area contributed by atoms with Crippen molar-refractivity contribution in [3.8, 4) is 0 Å². The molecule has 2 rings (SSSR count). The van der Waals surface area contributed by atoms with Gasteiger partial charge in [0, 0.05) is 13.1 Å². The maximum absolute atomic E-state index is 12.7. The van der Waals surface area contributed by atoms with Gasteiger partial charge in [-0.25, -0.2) is 9.59 Å². The molecule has 1 atom stereocenters. The summed E-state index contributed by atoms with van der Waals surface area (Å²) in [6.07, 6.45) is 2.31. The molecular weight excluding hydrogens is 334 g/mol. The first-order chi connectivity index (χ1) is 12.3. The van der Waals surface area contributed by atoms with Gasteiger partial charge in [-0.2, -0.15) is 5.06 Å². The monoisotopic (exact) mass is 363 g/mol. The molecule has 0 aromatic heterocycles. The number of benzene rings is 1. The summed E-state index contributed by atoms with van der Waals surface area (Å²) in [5.74, 6) is -0.889. The molecule has 1 saturated heterocycles. The van der Waals surface area contributed by atoms with Crippen LogP contribution in [0.1, 0.15) is 69.0 Å². The summed E-state index contributed by atoms with van der Waals surface area (Å²) in [6, 6.07) is 6.78. The summed E-state index contributed by atoms with van der Waals surface area (Å²) in [6.45, 7) is 9.05. The van der Waals surface area contributed by atoms with Crippen LogP contribution in [0, 0.1) is 0 Å². The second-order valence-electron chi connectivity index (χ2n) is 7.35. The Morgan fingerprint density at radius 3 is 2.46 bits per heavy atom. The molecule has 0 N–H and O–H groups in total. The summed E-state index contributed by atoms with van der Waals surface area (Å²) >= 11 is 0. The smallest absolute Gasteiger partial charge is 0.342 e. The van der Waals surface area contributed by atoms with E-state index in [2.05, 4.69) is 0 Å². The minimum Gasteiger partial charge on any atom is -0.462 e. The van der Waals surface area contributed by atoms with E-state index in [0.717, 1.165) is 32.4 Å². The van der Waals surface area contributed by atoms with E-state index in [1.807, 2.05) is 25.8 Å². The van der Waals surface area contributed by atoms with Crippen LogP contribution in [-0.4, -0.2) is 42.3 Å². The van der Waals surface area contributed by atoms with Crippen LogP contribution in [0.4, 0.5) is 0 Å². The van der Waals surface area contributed by atoms with Crippen LogP contribution < -0.4 is 0 Å². The number of hydrogen-bond donors (Lipinski definition) is 0. The van der Waals surface area contributed by atoms with Gasteiger partial charge >= 0.3 is 11.9 Å². The number of carbonyl (C=O) groups excluding carboxylic acids is 2. The Kier molecular flexibility index (Phi) is 7.17. The van der Waals surface area contributed by atoms with Gasteiger partial charge < -0.3 is 9.47 Å². The molecule has 1 aliphatic heterocycles. The Hall–Kier alpha value is -1.92. The topological polar surface area (TPSA) is 65.1 Å². The lowest BCUT2D eigenvalue weighted by atomic mass is 10.1. The van der Waals surface area contributed by atoms with Gasteiger partial charge in [-0.3, -0.25) is 4.84 Å². The standard InChI is InChI=1S/C20H29NO5/c1-5-24-18(22)16-11-9-10-15(14-16)17(19(23)25-20(2,3)4)26-21-12-7-6-8-13-21/h9-11,14,17H,5-8,12-13H2,1-4H3. The Bertz CT molecular complexity index is 617. The largest absolute Gasteiger partial charge is 0.462 e. The third-order valence-corrected chi connectivity index (χ3v) is 3.89. The summed E-state index contributed by atoms with van der Waals surface area (Å²) in [5, 5.41) is 1.81. The zero-order chi connectivity index (χ0) is 19.2. The van der Waals surface area contributed by atoms with E-state index in [0.29, 0.717) is 17.7 Å². The zero-order valence-electron chi connectivity index (χ0n) is 16.1. The molecule has 1 unspecified atom stereocenters. The number of carbonyl (C=O) groups is 2. The quantitative estimate of drug-likeness (QED) is 0.719. The molecule has 0 aliphatic carbocycles. The number of piperidine rings is 1. The lowest BCUT2D eigenvalue weighted by Crippen LogP contribution is -2.36. The molecule has 26 heavy (non-hydrogen) atoms. The summed E-state index contributed by atoms with van der Waals surface area (Å²) in [4.78, 5) is 30.8. The summed E-state index contributed by atoms with van der Waals surface area (Å²) in [5.41, 5.74) is 0.342. The summed E-state index contributed by atoms with van der Waals surface area (Å²) < 4.78 is 10.6. The van der Waals surface area contributed by atoms with Crippen molar-refractivity contribution in [3.05, 3.63) is 35.4 Å². The molecular formula is C20H29NO5. The number of nitrogens with zero attached hydrogens (tertiary/aromatic N) is 1. The van der Waals surface area contributed by atoms with Crippen molar-refractivity contribution in [3.63, 3.8) is 0 Å². The maximum Gasteiger partial charge on any atom is 0.342 e. The van der Waals surface area contributed by atoms with Gasteiger partial charge in [0.15, 0.2) is 0 Å². The van der Waals surface area contributed by atoms with Gasteiger partial charge in [0.2, 0.25) is 6.10 Å². The van der Waals surface area contributed by atoms with E-state index in [1.54, 1.807) is 31.2 Å². The molecule has 1 aliphatic rings. The Morgan fingerprint density at radius 2 is 1.85 bits per heavy atom. The average molecular weight is 363 g/mol. The Morgan fingerprint density at radius 1 is 1.15 bits per heavy atom. The molecule has 6 nitrogen and oxygen atoms in total. The van der Waals surface area contributed by atoms with Gasteiger partial charge in [0.1, 0.15) is 5.60 Å². The highest BCUT2D eigenvalue weighted by molar-refractivity contribution is 5.90. The minimum absolute atomic E-state index is 0.294. The number of esters is 2. The van der Waals surface area contributed by atoms with Crippen molar-refractivity contribution in [2.45, 2.75) is 58.7 Å². The van der Waals surface area contributed by atoms with Gasteiger partial charge in [-0.1, -0.05) is 18.6 Å². The predicted octanol–water partition coefficient (Wildman–Crippen LogP) is 3.66. The first kappa shape index (κ1) is 20.4. The van der Waals surface area contributed by atoms with Crippen LogP contribution in [0.2, 0.25) is 0 Å². The molecule has 1 aromatic carbocycles. The van der Waals surface area contributed by atoms with E-state index in [-0.39, 0.29) is 0 Å². The number of hydrogen-bond acceptors (Lipinski definition) is 6. The normalized spacial score (nSPS) is 16.8. The molecule has 0 saturated carbocycles. The van der Waals surface area contributed by atoms with Gasteiger partial charge in [0.25, 0.3) is 0 Å². The number of hydroxylamine groups is 2. The van der Waals surface area contributed by atoms with E-state index >= 15 is 0 Å². The SMILES string of the molecule is CCOC(=O)c1cccc(C(ON2CCCCC2)C(=O)OC(C)(C)C)c1. The van der Waals surface area contributed by atoms with Crippen molar-refractivity contribution in [1.82, 2.24) is 5.06 Å². The van der Waals surface area contributed by atoms with Crippen LogP contribution >= 0.6 is 0 Å². The molecule has 6 heteroatoms. The highest BCUT2D eigenvalue weighted by atomic mass is 16.7. The van der Waals surface area contributed by atoms with Crippen LogP contribution in [0.5, 0.6) is 0 Å². The van der Waals surface area contributed by atoms with Crippen LogP contribution in [0.25, 0.3) is 0 Å². The molecule has 1 heterocycles. The first-order valence-electron chi connectivity index (χ1n) is 9.22. The van der Waals surface area contributed by atoms with Gasteiger partial charge in [-0.15, -0.1) is 0 Å². The molecule has 1 fully saturated rings. The fourth-order valence-electron chi connectivity index (χ4n) is 2.76. The van der Waals surface area contributed by atoms with Crippen LogP contribution in [0.3, 0.4) is 0 Å². The van der Waals surface area contributed by atoms with Crippen molar-refractivity contribution < 1.29 is 23.9 Å². The van der Waals surface area contributed by atoms with Crippen molar-refractivity contribution in [1.29, 1.82) is 0 Å². The molecule has 1 aromatic rings. The molecule has 0 amide bonds. The third kappa shape index (κ3) is 6.11. The molecule has 0 bridgehead atoms. The van der Waals surface area contributed by atoms with Crippen molar-refractivity contribution in [2.75, 3.05) is 19.7 Å².